The first-order valence-corrected chi connectivity index (χ1v) is 8.04. The molecule has 3 unspecified atom stereocenters. The number of nitrogens with one attached hydrogen (secondary N) is 1. The van der Waals surface area contributed by atoms with Gasteiger partial charge in [-0.05, 0) is 44.6 Å². The Labute approximate surface area is 119 Å². The molecule has 2 aliphatic rings. The van der Waals surface area contributed by atoms with Crippen molar-refractivity contribution in [2.75, 3.05) is 33.3 Å². The van der Waals surface area contributed by atoms with Gasteiger partial charge in [0.1, 0.15) is 0 Å². The van der Waals surface area contributed by atoms with Crippen molar-refractivity contribution in [3.8, 4) is 0 Å². The number of rotatable bonds is 3. The zero-order chi connectivity index (χ0) is 13.9. The summed E-state index contributed by atoms with van der Waals surface area (Å²) in [6.45, 7) is 11.5. The van der Waals surface area contributed by atoms with Crippen molar-refractivity contribution in [3.05, 3.63) is 0 Å². The Hall–Kier alpha value is -0.120. The fourth-order valence-electron chi connectivity index (χ4n) is 4.18. The van der Waals surface area contributed by atoms with Gasteiger partial charge >= 0.3 is 0 Å². The highest BCUT2D eigenvalue weighted by atomic mass is 16.5. The summed E-state index contributed by atoms with van der Waals surface area (Å²) in [5, 5.41) is 3.60. The standard InChI is InChI=1S/C16H32N2O/c1-13-11-18(9-6-10-19-13)12-14-7-5-8-16(2,3)15(14)17-4/h13-15,17H,5-12H2,1-4H3. The summed E-state index contributed by atoms with van der Waals surface area (Å²) >= 11 is 0. The third-order valence-electron chi connectivity index (χ3n) is 5.05. The fraction of sp³-hybridized carbons (Fsp3) is 1.00. The van der Waals surface area contributed by atoms with Gasteiger partial charge in [-0.1, -0.05) is 20.3 Å². The maximum atomic E-state index is 5.76. The van der Waals surface area contributed by atoms with Crippen LogP contribution < -0.4 is 5.32 Å². The molecule has 1 heterocycles. The van der Waals surface area contributed by atoms with Crippen molar-refractivity contribution >= 4 is 0 Å². The van der Waals surface area contributed by atoms with Gasteiger partial charge < -0.3 is 15.0 Å². The van der Waals surface area contributed by atoms with E-state index in [1.807, 2.05) is 0 Å². The summed E-state index contributed by atoms with van der Waals surface area (Å²) in [7, 11) is 2.14. The van der Waals surface area contributed by atoms with Crippen LogP contribution in [0.25, 0.3) is 0 Å². The van der Waals surface area contributed by atoms with Crippen LogP contribution in [0.4, 0.5) is 0 Å². The average molecular weight is 268 g/mol. The lowest BCUT2D eigenvalue weighted by molar-refractivity contribution is 0.0524. The van der Waals surface area contributed by atoms with Crippen LogP contribution in [0, 0.1) is 11.3 Å². The van der Waals surface area contributed by atoms with Crippen molar-refractivity contribution in [1.82, 2.24) is 10.2 Å². The minimum absolute atomic E-state index is 0.395. The lowest BCUT2D eigenvalue weighted by Crippen LogP contribution is -2.52. The molecule has 1 aliphatic carbocycles. The van der Waals surface area contributed by atoms with Crippen molar-refractivity contribution in [3.63, 3.8) is 0 Å². The van der Waals surface area contributed by atoms with Crippen molar-refractivity contribution in [2.45, 2.75) is 58.6 Å². The summed E-state index contributed by atoms with van der Waals surface area (Å²) in [5.74, 6) is 0.791. The molecule has 3 heteroatoms. The van der Waals surface area contributed by atoms with E-state index in [0.29, 0.717) is 17.6 Å². The molecule has 0 amide bonds. The highest BCUT2D eigenvalue weighted by Gasteiger charge is 2.38. The fourth-order valence-corrected chi connectivity index (χ4v) is 4.18. The molecule has 1 aliphatic heterocycles. The zero-order valence-corrected chi connectivity index (χ0v) is 13.2. The van der Waals surface area contributed by atoms with Gasteiger partial charge in [0.05, 0.1) is 6.10 Å². The van der Waals surface area contributed by atoms with Gasteiger partial charge in [0.2, 0.25) is 0 Å². The number of ether oxygens (including phenoxy) is 1. The Morgan fingerprint density at radius 1 is 1.32 bits per heavy atom. The van der Waals surface area contributed by atoms with E-state index >= 15 is 0 Å². The van der Waals surface area contributed by atoms with Crippen LogP contribution in [0.1, 0.15) is 46.5 Å². The molecule has 2 rings (SSSR count). The molecule has 1 N–H and O–H groups in total. The minimum Gasteiger partial charge on any atom is -0.377 e. The lowest BCUT2D eigenvalue weighted by Gasteiger charge is -2.45. The van der Waals surface area contributed by atoms with Crippen molar-refractivity contribution in [2.24, 2.45) is 11.3 Å². The third-order valence-corrected chi connectivity index (χ3v) is 5.05. The van der Waals surface area contributed by atoms with Crippen molar-refractivity contribution in [1.29, 1.82) is 0 Å². The van der Waals surface area contributed by atoms with E-state index in [1.165, 1.54) is 38.8 Å². The average Bonchev–Trinajstić information content (AvgIpc) is 2.53. The van der Waals surface area contributed by atoms with Crippen LogP contribution in [0.2, 0.25) is 0 Å². The van der Waals surface area contributed by atoms with Gasteiger partial charge in [-0.3, -0.25) is 0 Å². The topological polar surface area (TPSA) is 24.5 Å². The number of hydrogen-bond donors (Lipinski definition) is 1. The molecule has 2 fully saturated rings. The van der Waals surface area contributed by atoms with E-state index in [9.17, 15) is 0 Å². The Balaban J connectivity index is 1.96. The number of hydrogen-bond acceptors (Lipinski definition) is 3. The molecule has 0 aromatic carbocycles. The molecule has 19 heavy (non-hydrogen) atoms. The van der Waals surface area contributed by atoms with Gasteiger partial charge in [0.15, 0.2) is 0 Å². The second-order valence-corrected chi connectivity index (χ2v) is 7.20. The normalized spacial score (nSPS) is 36.9. The second-order valence-electron chi connectivity index (χ2n) is 7.20. The Morgan fingerprint density at radius 2 is 2.11 bits per heavy atom. The van der Waals surface area contributed by atoms with Crippen LogP contribution in [0.3, 0.4) is 0 Å². The molecular formula is C16H32N2O. The highest BCUT2D eigenvalue weighted by Crippen LogP contribution is 2.39. The first-order chi connectivity index (χ1) is 9.03. The zero-order valence-electron chi connectivity index (χ0n) is 13.2. The summed E-state index contributed by atoms with van der Waals surface area (Å²) in [4.78, 5) is 2.63. The van der Waals surface area contributed by atoms with E-state index in [2.05, 4.69) is 38.0 Å². The summed E-state index contributed by atoms with van der Waals surface area (Å²) < 4.78 is 5.76. The monoisotopic (exact) mass is 268 g/mol. The molecule has 3 nitrogen and oxygen atoms in total. The largest absolute Gasteiger partial charge is 0.377 e. The van der Waals surface area contributed by atoms with E-state index in [0.717, 1.165) is 19.1 Å². The molecule has 0 aromatic rings. The molecule has 3 atom stereocenters. The second kappa shape index (κ2) is 6.55. The van der Waals surface area contributed by atoms with Gasteiger partial charge in [0.25, 0.3) is 0 Å². The summed E-state index contributed by atoms with van der Waals surface area (Å²) in [6.07, 6.45) is 5.70. The van der Waals surface area contributed by atoms with Gasteiger partial charge in [-0.2, -0.15) is 0 Å². The van der Waals surface area contributed by atoms with E-state index in [1.54, 1.807) is 0 Å². The Bertz CT molecular complexity index is 280. The summed E-state index contributed by atoms with van der Waals surface area (Å²) in [5.41, 5.74) is 0.436. The molecular weight excluding hydrogens is 236 g/mol. The van der Waals surface area contributed by atoms with Crippen LogP contribution in [0.5, 0.6) is 0 Å². The van der Waals surface area contributed by atoms with Gasteiger partial charge in [-0.25, -0.2) is 0 Å². The molecule has 112 valence electrons. The molecule has 1 saturated carbocycles. The summed E-state index contributed by atoms with van der Waals surface area (Å²) in [6, 6.07) is 0.653. The quantitative estimate of drug-likeness (QED) is 0.851. The molecule has 0 spiro atoms. The minimum atomic E-state index is 0.395. The van der Waals surface area contributed by atoms with E-state index in [4.69, 9.17) is 4.74 Å². The van der Waals surface area contributed by atoms with E-state index < -0.39 is 0 Å². The first-order valence-electron chi connectivity index (χ1n) is 8.04. The molecule has 1 saturated heterocycles. The van der Waals surface area contributed by atoms with Crippen LogP contribution >= 0.6 is 0 Å². The van der Waals surface area contributed by atoms with Gasteiger partial charge in [0, 0.05) is 32.3 Å². The van der Waals surface area contributed by atoms with Crippen LogP contribution in [-0.2, 0) is 4.74 Å². The SMILES string of the molecule is CNC1C(CN2CCCOC(C)C2)CCCC1(C)C. The first kappa shape index (κ1) is 15.3. The van der Waals surface area contributed by atoms with E-state index in [-0.39, 0.29) is 0 Å². The smallest absolute Gasteiger partial charge is 0.0673 e. The maximum Gasteiger partial charge on any atom is 0.0673 e. The molecule has 0 aromatic heterocycles. The molecule has 0 radical (unpaired) electrons. The Morgan fingerprint density at radius 3 is 2.84 bits per heavy atom. The third kappa shape index (κ3) is 3.93. The predicted octanol–water partition coefficient (Wildman–Crippen LogP) is 2.51. The van der Waals surface area contributed by atoms with Crippen LogP contribution in [0.15, 0.2) is 0 Å². The maximum absolute atomic E-state index is 5.76. The van der Waals surface area contributed by atoms with Crippen molar-refractivity contribution < 1.29 is 4.74 Å². The predicted molar refractivity (Wildman–Crippen MR) is 80.4 cm³/mol. The highest BCUT2D eigenvalue weighted by molar-refractivity contribution is 4.94. The van der Waals surface area contributed by atoms with Gasteiger partial charge in [-0.15, -0.1) is 0 Å². The number of nitrogens with zero attached hydrogens (tertiary/aromatic N) is 1. The van der Waals surface area contributed by atoms with Crippen LogP contribution in [-0.4, -0.2) is 50.3 Å². The molecule has 0 bridgehead atoms. The Kier molecular flexibility index (Phi) is 5.27. The lowest BCUT2D eigenvalue weighted by atomic mass is 9.68.